The highest BCUT2D eigenvalue weighted by Gasteiger charge is 2.15. The Bertz CT molecular complexity index is 508. The van der Waals surface area contributed by atoms with Crippen LogP contribution in [0.4, 0.5) is 0 Å². The van der Waals surface area contributed by atoms with E-state index in [1.807, 2.05) is 17.7 Å². The topological polar surface area (TPSA) is 89.3 Å². The first-order chi connectivity index (χ1) is 8.29. The maximum Gasteiger partial charge on any atom is 0.237 e. The van der Waals surface area contributed by atoms with Crippen molar-refractivity contribution in [2.24, 2.45) is 5.73 Å². The highest BCUT2D eigenvalue weighted by atomic mass is 32.2. The van der Waals surface area contributed by atoms with E-state index in [1.165, 1.54) is 0 Å². The highest BCUT2D eigenvalue weighted by molar-refractivity contribution is 7.90. The minimum atomic E-state index is -3.08. The average Bonchev–Trinajstić information content (AvgIpc) is 2.67. The quantitative estimate of drug-likeness (QED) is 0.795. The summed E-state index contributed by atoms with van der Waals surface area (Å²) in [6.07, 6.45) is 1.28. The van der Waals surface area contributed by atoms with Crippen molar-refractivity contribution >= 4 is 27.1 Å². The number of hydrogen-bond donors (Lipinski definition) is 2. The van der Waals surface area contributed by atoms with Crippen LogP contribution in [0.15, 0.2) is 10.8 Å². The van der Waals surface area contributed by atoms with Crippen molar-refractivity contribution in [3.8, 4) is 0 Å². The summed E-state index contributed by atoms with van der Waals surface area (Å²) in [6.45, 7) is 2.41. The van der Waals surface area contributed by atoms with Gasteiger partial charge in [-0.1, -0.05) is 0 Å². The maximum atomic E-state index is 11.6. The predicted molar refractivity (Wildman–Crippen MR) is 73.2 cm³/mol. The summed E-state index contributed by atoms with van der Waals surface area (Å²) >= 11 is 1.58. The molecule has 3 N–H and O–H groups in total. The van der Waals surface area contributed by atoms with Crippen molar-refractivity contribution in [3.63, 3.8) is 0 Å². The third kappa shape index (κ3) is 5.16. The molecule has 5 nitrogen and oxygen atoms in total. The fraction of sp³-hybridized carbons (Fsp3) is 0.545. The molecule has 1 aromatic heterocycles. The van der Waals surface area contributed by atoms with Crippen molar-refractivity contribution in [1.29, 1.82) is 0 Å². The van der Waals surface area contributed by atoms with Crippen LogP contribution in [0.25, 0.3) is 0 Å². The normalized spacial score (nSPS) is 13.3. The minimum Gasteiger partial charge on any atom is -0.351 e. The van der Waals surface area contributed by atoms with E-state index in [0.717, 1.165) is 17.4 Å². The van der Waals surface area contributed by atoms with Gasteiger partial charge in [-0.25, -0.2) is 8.42 Å². The smallest absolute Gasteiger partial charge is 0.237 e. The summed E-state index contributed by atoms with van der Waals surface area (Å²) < 4.78 is 21.9. The number of hydrogen-bond acceptors (Lipinski definition) is 5. The fourth-order valence-corrected chi connectivity index (χ4v) is 2.89. The van der Waals surface area contributed by atoms with Crippen molar-refractivity contribution in [2.45, 2.75) is 25.9 Å². The SMILES string of the molecule is Cc1cscc1CNC(=O)C(N)CCS(C)(=O)=O. The second-order valence-electron chi connectivity index (χ2n) is 4.32. The van der Waals surface area contributed by atoms with E-state index in [0.29, 0.717) is 6.54 Å². The summed E-state index contributed by atoms with van der Waals surface area (Å²) in [5.41, 5.74) is 7.82. The first-order valence-electron chi connectivity index (χ1n) is 5.52. The molecule has 1 rings (SSSR count). The molecule has 1 heterocycles. The van der Waals surface area contributed by atoms with E-state index >= 15 is 0 Å². The van der Waals surface area contributed by atoms with Gasteiger partial charge in [0.15, 0.2) is 0 Å². The molecule has 102 valence electrons. The van der Waals surface area contributed by atoms with Crippen LogP contribution in [0.1, 0.15) is 17.5 Å². The molecule has 1 amide bonds. The second kappa shape index (κ2) is 6.31. The van der Waals surface area contributed by atoms with E-state index in [-0.39, 0.29) is 18.1 Å². The molecule has 0 saturated heterocycles. The molecule has 7 heteroatoms. The largest absolute Gasteiger partial charge is 0.351 e. The molecule has 1 unspecified atom stereocenters. The van der Waals surface area contributed by atoms with Gasteiger partial charge in [-0.2, -0.15) is 11.3 Å². The zero-order valence-corrected chi connectivity index (χ0v) is 12.1. The Morgan fingerprint density at radius 2 is 2.17 bits per heavy atom. The highest BCUT2D eigenvalue weighted by Crippen LogP contribution is 2.12. The number of nitrogens with two attached hydrogens (primary N) is 1. The lowest BCUT2D eigenvalue weighted by Gasteiger charge is -2.11. The Labute approximate surface area is 111 Å². The molecule has 0 spiro atoms. The number of carbonyl (C=O) groups excluding carboxylic acids is 1. The minimum absolute atomic E-state index is 0.0704. The molecule has 18 heavy (non-hydrogen) atoms. The number of aryl methyl sites for hydroxylation is 1. The number of sulfone groups is 1. The first-order valence-corrected chi connectivity index (χ1v) is 8.52. The van der Waals surface area contributed by atoms with Gasteiger partial charge in [0.2, 0.25) is 5.91 Å². The Kier molecular flexibility index (Phi) is 5.30. The number of carbonyl (C=O) groups is 1. The Morgan fingerprint density at radius 1 is 1.50 bits per heavy atom. The molecular weight excluding hydrogens is 272 g/mol. The summed E-state index contributed by atoms with van der Waals surface area (Å²) in [4.78, 5) is 11.6. The molecule has 0 aliphatic rings. The predicted octanol–water partition coefficient (Wildman–Crippen LogP) is 0.435. The Balaban J connectivity index is 2.39. The van der Waals surface area contributed by atoms with Crippen LogP contribution in [0.3, 0.4) is 0 Å². The van der Waals surface area contributed by atoms with Crippen LogP contribution < -0.4 is 11.1 Å². The van der Waals surface area contributed by atoms with Crippen LogP contribution in [-0.2, 0) is 21.2 Å². The van der Waals surface area contributed by atoms with Gasteiger partial charge >= 0.3 is 0 Å². The third-order valence-corrected chi connectivity index (χ3v) is 4.44. The van der Waals surface area contributed by atoms with Crippen molar-refractivity contribution in [1.82, 2.24) is 5.32 Å². The number of rotatable bonds is 6. The zero-order chi connectivity index (χ0) is 13.8. The van der Waals surface area contributed by atoms with Crippen LogP contribution in [-0.4, -0.2) is 32.4 Å². The monoisotopic (exact) mass is 290 g/mol. The number of thiophene rings is 1. The second-order valence-corrected chi connectivity index (χ2v) is 7.33. The van der Waals surface area contributed by atoms with E-state index in [4.69, 9.17) is 5.73 Å². The molecule has 0 radical (unpaired) electrons. The van der Waals surface area contributed by atoms with E-state index in [1.54, 1.807) is 11.3 Å². The van der Waals surface area contributed by atoms with Crippen LogP contribution in [0, 0.1) is 6.92 Å². The fourth-order valence-electron chi connectivity index (χ4n) is 1.35. The number of nitrogens with one attached hydrogen (secondary N) is 1. The Morgan fingerprint density at radius 3 is 2.67 bits per heavy atom. The molecule has 1 atom stereocenters. The van der Waals surface area contributed by atoms with Crippen LogP contribution in [0.2, 0.25) is 0 Å². The number of amides is 1. The van der Waals surface area contributed by atoms with E-state index in [9.17, 15) is 13.2 Å². The standard InChI is InChI=1S/C11H18N2O3S2/c1-8-6-17-7-9(8)5-13-11(14)10(12)3-4-18(2,15)16/h6-7,10H,3-5,12H2,1-2H3,(H,13,14). The van der Waals surface area contributed by atoms with Crippen molar-refractivity contribution < 1.29 is 13.2 Å². The molecule has 0 aliphatic heterocycles. The van der Waals surface area contributed by atoms with Gasteiger partial charge in [-0.15, -0.1) is 0 Å². The van der Waals surface area contributed by atoms with Gasteiger partial charge < -0.3 is 11.1 Å². The first kappa shape index (κ1) is 15.1. The molecule has 0 saturated carbocycles. The maximum absolute atomic E-state index is 11.6. The molecule has 0 fully saturated rings. The summed E-state index contributed by atoms with van der Waals surface area (Å²) in [5.74, 6) is -0.386. The Hall–Kier alpha value is -0.920. The molecule has 0 bridgehead atoms. The zero-order valence-electron chi connectivity index (χ0n) is 10.5. The van der Waals surface area contributed by atoms with Gasteiger partial charge in [0.25, 0.3) is 0 Å². The van der Waals surface area contributed by atoms with E-state index < -0.39 is 15.9 Å². The lowest BCUT2D eigenvalue weighted by atomic mass is 10.2. The van der Waals surface area contributed by atoms with Crippen molar-refractivity contribution in [3.05, 3.63) is 21.9 Å². The van der Waals surface area contributed by atoms with Gasteiger partial charge in [-0.05, 0) is 35.2 Å². The lowest BCUT2D eigenvalue weighted by Crippen LogP contribution is -2.41. The van der Waals surface area contributed by atoms with E-state index in [2.05, 4.69) is 5.32 Å². The lowest BCUT2D eigenvalue weighted by molar-refractivity contribution is -0.122. The summed E-state index contributed by atoms with van der Waals surface area (Å²) in [5, 5.41) is 6.68. The summed E-state index contributed by atoms with van der Waals surface area (Å²) in [6, 6.07) is -0.779. The average molecular weight is 290 g/mol. The van der Waals surface area contributed by atoms with Gasteiger partial charge in [-0.3, -0.25) is 4.79 Å². The molecule has 0 aromatic carbocycles. The van der Waals surface area contributed by atoms with Gasteiger partial charge in [0.1, 0.15) is 9.84 Å². The van der Waals surface area contributed by atoms with Crippen molar-refractivity contribution in [2.75, 3.05) is 12.0 Å². The molecule has 1 aromatic rings. The molecular formula is C11H18N2O3S2. The molecule has 0 aliphatic carbocycles. The summed E-state index contributed by atoms with van der Waals surface area (Å²) in [7, 11) is -3.08. The third-order valence-electron chi connectivity index (χ3n) is 2.55. The van der Waals surface area contributed by atoms with Crippen LogP contribution in [0.5, 0.6) is 0 Å². The van der Waals surface area contributed by atoms with Gasteiger partial charge in [0, 0.05) is 12.8 Å². The van der Waals surface area contributed by atoms with Gasteiger partial charge in [0.05, 0.1) is 11.8 Å². The van der Waals surface area contributed by atoms with Crippen LogP contribution >= 0.6 is 11.3 Å².